The topological polar surface area (TPSA) is 43.6 Å². The fourth-order valence-electron chi connectivity index (χ4n) is 4.69. The van der Waals surface area contributed by atoms with Gasteiger partial charge in [0.05, 0.1) is 12.2 Å². The van der Waals surface area contributed by atoms with Crippen LogP contribution < -0.4 is 0 Å². The first-order valence-electron chi connectivity index (χ1n) is 9.16. The molecule has 2 aromatic rings. The minimum atomic E-state index is 0.344. The van der Waals surface area contributed by atoms with Crippen LogP contribution in [0.15, 0.2) is 30.7 Å². The third-order valence-electron chi connectivity index (χ3n) is 6.31. The summed E-state index contributed by atoms with van der Waals surface area (Å²) in [5.41, 5.74) is 2.79. The molecule has 1 aliphatic rings. The minimum absolute atomic E-state index is 0.344. The van der Waals surface area contributed by atoms with Gasteiger partial charge in [-0.3, -0.25) is 4.98 Å². The number of nitrogens with zero attached hydrogens (tertiary/aromatic N) is 4. The van der Waals surface area contributed by atoms with Crippen molar-refractivity contribution in [2.45, 2.75) is 66.3 Å². The average Bonchev–Trinajstić information content (AvgIpc) is 3.04. The molecule has 2 heterocycles. The molecule has 1 aliphatic carbocycles. The van der Waals surface area contributed by atoms with E-state index in [0.29, 0.717) is 22.8 Å². The lowest BCUT2D eigenvalue weighted by Gasteiger charge is -2.52. The lowest BCUT2D eigenvalue weighted by molar-refractivity contribution is -0.0218. The van der Waals surface area contributed by atoms with E-state index in [1.165, 1.54) is 25.7 Å². The predicted molar refractivity (Wildman–Crippen MR) is 97.5 cm³/mol. The molecule has 4 nitrogen and oxygen atoms in total. The maximum Gasteiger partial charge on any atom is 0.113 e. The molecule has 0 unspecified atom stereocenters. The van der Waals surface area contributed by atoms with Crippen molar-refractivity contribution < 1.29 is 0 Å². The molecule has 0 spiro atoms. The summed E-state index contributed by atoms with van der Waals surface area (Å²) in [5, 5.41) is 8.78. The van der Waals surface area contributed by atoms with Crippen LogP contribution in [-0.2, 0) is 0 Å². The molecule has 0 amide bonds. The predicted octanol–water partition coefficient (Wildman–Crippen LogP) is 5.14. The van der Waals surface area contributed by atoms with Crippen molar-refractivity contribution in [3.05, 3.63) is 30.7 Å². The molecule has 0 atom stereocenters. The van der Waals surface area contributed by atoms with Gasteiger partial charge in [0.15, 0.2) is 0 Å². The van der Waals surface area contributed by atoms with E-state index < -0.39 is 0 Å². The average molecular weight is 326 g/mol. The van der Waals surface area contributed by atoms with Crippen LogP contribution >= 0.6 is 0 Å². The van der Waals surface area contributed by atoms with E-state index in [-0.39, 0.29) is 0 Å². The second-order valence-corrected chi connectivity index (χ2v) is 8.61. The van der Waals surface area contributed by atoms with Gasteiger partial charge in [-0.15, -0.1) is 5.10 Å². The van der Waals surface area contributed by atoms with Crippen molar-refractivity contribution in [2.75, 3.05) is 0 Å². The second-order valence-electron chi connectivity index (χ2n) is 8.61. The van der Waals surface area contributed by atoms with Crippen LogP contribution in [0.1, 0.15) is 66.3 Å². The number of pyridine rings is 1. The quantitative estimate of drug-likeness (QED) is 0.784. The summed E-state index contributed by atoms with van der Waals surface area (Å²) in [7, 11) is 0. The van der Waals surface area contributed by atoms with Crippen LogP contribution in [0.25, 0.3) is 11.3 Å². The van der Waals surface area contributed by atoms with Crippen molar-refractivity contribution in [1.29, 1.82) is 0 Å². The zero-order valence-electron chi connectivity index (χ0n) is 15.7. The van der Waals surface area contributed by atoms with Crippen molar-refractivity contribution in [3.63, 3.8) is 0 Å². The lowest BCUT2D eigenvalue weighted by atomic mass is 9.54. The summed E-state index contributed by atoms with van der Waals surface area (Å²) in [5.74, 6) is 0.710. The van der Waals surface area contributed by atoms with E-state index in [1.807, 2.05) is 12.1 Å². The summed E-state index contributed by atoms with van der Waals surface area (Å²) >= 11 is 0. The van der Waals surface area contributed by atoms with Gasteiger partial charge in [-0.25, -0.2) is 4.68 Å². The largest absolute Gasteiger partial charge is 0.265 e. The fraction of sp³-hybridized carbons (Fsp3) is 0.650. The smallest absolute Gasteiger partial charge is 0.113 e. The molecule has 0 N–H and O–H groups in total. The van der Waals surface area contributed by atoms with E-state index in [2.05, 4.69) is 60.8 Å². The van der Waals surface area contributed by atoms with Crippen molar-refractivity contribution in [1.82, 2.24) is 20.0 Å². The fourth-order valence-corrected chi connectivity index (χ4v) is 4.69. The van der Waals surface area contributed by atoms with Crippen molar-refractivity contribution in [3.8, 4) is 11.3 Å². The Morgan fingerprint density at radius 3 is 2.29 bits per heavy atom. The summed E-state index contributed by atoms with van der Waals surface area (Å²) in [6, 6.07) is 4.44. The Morgan fingerprint density at radius 2 is 1.75 bits per heavy atom. The molecule has 1 fully saturated rings. The Hall–Kier alpha value is -1.71. The third-order valence-corrected chi connectivity index (χ3v) is 6.31. The zero-order valence-corrected chi connectivity index (χ0v) is 15.7. The summed E-state index contributed by atoms with van der Waals surface area (Å²) < 4.78 is 2.09. The van der Waals surface area contributed by atoms with Gasteiger partial charge in [-0.05, 0) is 54.6 Å². The Labute approximate surface area is 145 Å². The maximum absolute atomic E-state index is 4.42. The number of hydrogen-bond donors (Lipinski definition) is 0. The van der Waals surface area contributed by atoms with Gasteiger partial charge in [0.1, 0.15) is 5.69 Å². The van der Waals surface area contributed by atoms with Crippen LogP contribution in [-0.4, -0.2) is 20.0 Å². The molecule has 130 valence electrons. The molecule has 3 rings (SSSR count). The Kier molecular flexibility index (Phi) is 4.50. The molecule has 0 aromatic carbocycles. The molecule has 0 bridgehead atoms. The first kappa shape index (κ1) is 17.1. The van der Waals surface area contributed by atoms with Crippen LogP contribution in [0.4, 0.5) is 0 Å². The van der Waals surface area contributed by atoms with E-state index in [4.69, 9.17) is 0 Å². The molecular formula is C20H30N4. The highest BCUT2D eigenvalue weighted by Crippen LogP contribution is 2.55. The van der Waals surface area contributed by atoms with Crippen LogP contribution in [0.5, 0.6) is 0 Å². The number of hydrogen-bond acceptors (Lipinski definition) is 3. The van der Waals surface area contributed by atoms with E-state index in [9.17, 15) is 0 Å². The second kappa shape index (κ2) is 6.30. The molecule has 1 saturated carbocycles. The molecule has 24 heavy (non-hydrogen) atoms. The van der Waals surface area contributed by atoms with Crippen LogP contribution in [0, 0.1) is 16.7 Å². The first-order chi connectivity index (χ1) is 11.3. The highest BCUT2D eigenvalue weighted by Gasteiger charge is 2.46. The SMILES string of the molecule is CC(C)C1(C(C)(C)C)CCC(n2cc(-c3ccncc3)nn2)CC1. The van der Waals surface area contributed by atoms with Crippen LogP contribution in [0.2, 0.25) is 0 Å². The highest BCUT2D eigenvalue weighted by atomic mass is 15.4. The van der Waals surface area contributed by atoms with Gasteiger partial charge in [0.2, 0.25) is 0 Å². The van der Waals surface area contributed by atoms with E-state index in [1.54, 1.807) is 12.4 Å². The highest BCUT2D eigenvalue weighted by molar-refractivity contribution is 5.56. The normalized spacial score (nSPS) is 25.2. The molecule has 2 aromatic heterocycles. The third kappa shape index (κ3) is 2.99. The maximum atomic E-state index is 4.42. The first-order valence-corrected chi connectivity index (χ1v) is 9.16. The van der Waals surface area contributed by atoms with Gasteiger partial charge >= 0.3 is 0 Å². The van der Waals surface area contributed by atoms with Crippen molar-refractivity contribution >= 4 is 0 Å². The summed E-state index contributed by atoms with van der Waals surface area (Å²) in [6.45, 7) is 12.0. The van der Waals surface area contributed by atoms with Gasteiger partial charge in [-0.1, -0.05) is 39.8 Å². The summed E-state index contributed by atoms with van der Waals surface area (Å²) in [4.78, 5) is 4.07. The van der Waals surface area contributed by atoms with Gasteiger partial charge < -0.3 is 0 Å². The van der Waals surface area contributed by atoms with Gasteiger partial charge in [0.25, 0.3) is 0 Å². The Morgan fingerprint density at radius 1 is 1.12 bits per heavy atom. The number of aromatic nitrogens is 4. The molecular weight excluding hydrogens is 296 g/mol. The molecule has 4 heteroatoms. The van der Waals surface area contributed by atoms with Gasteiger partial charge in [0, 0.05) is 18.0 Å². The lowest BCUT2D eigenvalue weighted by Crippen LogP contribution is -2.43. The zero-order chi connectivity index (χ0) is 17.4. The Balaban J connectivity index is 1.75. The van der Waals surface area contributed by atoms with E-state index >= 15 is 0 Å². The Bertz CT molecular complexity index is 658. The molecule has 0 aliphatic heterocycles. The molecule has 0 saturated heterocycles. The molecule has 0 radical (unpaired) electrons. The van der Waals surface area contributed by atoms with E-state index in [0.717, 1.165) is 11.3 Å². The number of rotatable bonds is 3. The minimum Gasteiger partial charge on any atom is -0.265 e. The standard InChI is InChI=1S/C20H30N4/c1-15(2)20(19(3,4)5)10-6-17(7-11-20)24-14-18(22-23-24)16-8-12-21-13-9-16/h8-9,12-15,17H,6-7,10-11H2,1-5H3. The monoisotopic (exact) mass is 326 g/mol. The van der Waals surface area contributed by atoms with Crippen molar-refractivity contribution in [2.24, 2.45) is 16.7 Å². The van der Waals surface area contributed by atoms with Gasteiger partial charge in [-0.2, -0.15) is 0 Å². The van der Waals surface area contributed by atoms with Crippen LogP contribution in [0.3, 0.4) is 0 Å². The summed E-state index contributed by atoms with van der Waals surface area (Å²) in [6.07, 6.45) is 10.6.